The minimum atomic E-state index is -4.35. The number of carbonyl (C=O) groups is 1. The zero-order valence-corrected chi connectivity index (χ0v) is 12.3. The molecule has 1 aromatic carbocycles. The summed E-state index contributed by atoms with van der Waals surface area (Å²) in [6, 6.07) is 6.30. The van der Waals surface area contributed by atoms with Gasteiger partial charge in [-0.05, 0) is 48.6 Å². The van der Waals surface area contributed by atoms with Crippen molar-refractivity contribution in [2.24, 2.45) is 0 Å². The topological polar surface area (TPSA) is 29.1 Å². The maximum absolute atomic E-state index is 12.5. The Labute approximate surface area is 124 Å². The van der Waals surface area contributed by atoms with E-state index in [1.807, 2.05) is 18.4 Å². The summed E-state index contributed by atoms with van der Waals surface area (Å²) in [5.74, 6) is -0.213. The first kappa shape index (κ1) is 15.6. The van der Waals surface area contributed by atoms with E-state index in [2.05, 4.69) is 5.32 Å². The Hall–Kier alpha value is -1.82. The molecular formula is C15H14F3NOS. The molecule has 1 N–H and O–H groups in total. The standard InChI is InChI=1S/C15H14F3NOS/c1-9-7-8-21-13(9)14(20)19-10(2)11-3-5-12(6-4-11)15(16,17)18/h3-8,10H,1-2H3,(H,19,20). The molecule has 0 radical (unpaired) electrons. The third-order valence-corrected chi connectivity index (χ3v) is 4.17. The zero-order valence-electron chi connectivity index (χ0n) is 11.5. The number of aryl methyl sites for hydroxylation is 1. The number of benzene rings is 1. The summed E-state index contributed by atoms with van der Waals surface area (Å²) in [5, 5.41) is 4.61. The van der Waals surface area contributed by atoms with Gasteiger partial charge in [-0.25, -0.2) is 0 Å². The highest BCUT2D eigenvalue weighted by atomic mass is 32.1. The molecular weight excluding hydrogens is 299 g/mol. The summed E-state index contributed by atoms with van der Waals surface area (Å²) in [6.45, 7) is 3.58. The molecule has 1 unspecified atom stereocenters. The van der Waals surface area contributed by atoms with Crippen LogP contribution < -0.4 is 5.32 Å². The predicted molar refractivity (Wildman–Crippen MR) is 76.4 cm³/mol. The molecule has 0 aliphatic rings. The summed E-state index contributed by atoms with van der Waals surface area (Å²) in [4.78, 5) is 12.7. The van der Waals surface area contributed by atoms with E-state index < -0.39 is 11.7 Å². The molecule has 0 saturated carbocycles. The van der Waals surface area contributed by atoms with Crippen molar-refractivity contribution < 1.29 is 18.0 Å². The highest BCUT2D eigenvalue weighted by Gasteiger charge is 2.30. The van der Waals surface area contributed by atoms with Crippen LogP contribution in [-0.2, 0) is 6.18 Å². The van der Waals surface area contributed by atoms with Crippen molar-refractivity contribution in [1.29, 1.82) is 0 Å². The molecule has 2 rings (SSSR count). The van der Waals surface area contributed by atoms with Crippen LogP contribution in [0.15, 0.2) is 35.7 Å². The van der Waals surface area contributed by atoms with Crippen LogP contribution in [0, 0.1) is 6.92 Å². The number of hydrogen-bond donors (Lipinski definition) is 1. The Morgan fingerprint density at radius 1 is 1.19 bits per heavy atom. The van der Waals surface area contributed by atoms with Crippen molar-refractivity contribution in [2.45, 2.75) is 26.1 Å². The van der Waals surface area contributed by atoms with E-state index in [9.17, 15) is 18.0 Å². The lowest BCUT2D eigenvalue weighted by atomic mass is 10.1. The van der Waals surface area contributed by atoms with Gasteiger partial charge in [0, 0.05) is 0 Å². The number of thiophene rings is 1. The Morgan fingerprint density at radius 3 is 2.29 bits per heavy atom. The van der Waals surface area contributed by atoms with Crippen LogP contribution in [-0.4, -0.2) is 5.91 Å². The maximum Gasteiger partial charge on any atom is 0.416 e. The van der Waals surface area contributed by atoms with Gasteiger partial charge in [-0.15, -0.1) is 11.3 Å². The minimum Gasteiger partial charge on any atom is -0.345 e. The average molecular weight is 313 g/mol. The SMILES string of the molecule is Cc1ccsc1C(=O)NC(C)c1ccc(C(F)(F)F)cc1. The van der Waals surface area contributed by atoms with Gasteiger partial charge in [0.2, 0.25) is 0 Å². The summed E-state index contributed by atoms with van der Waals surface area (Å²) in [6.07, 6.45) is -4.35. The molecule has 2 nitrogen and oxygen atoms in total. The second-order valence-electron chi connectivity index (χ2n) is 4.75. The van der Waals surface area contributed by atoms with Crippen LogP contribution in [0.25, 0.3) is 0 Å². The van der Waals surface area contributed by atoms with E-state index in [1.54, 1.807) is 6.92 Å². The van der Waals surface area contributed by atoms with Gasteiger partial charge in [0.1, 0.15) is 0 Å². The van der Waals surface area contributed by atoms with Crippen LogP contribution in [0.1, 0.15) is 39.3 Å². The van der Waals surface area contributed by atoms with E-state index in [0.717, 1.165) is 17.7 Å². The fraction of sp³-hybridized carbons (Fsp3) is 0.267. The number of halogens is 3. The van der Waals surface area contributed by atoms with Crippen molar-refractivity contribution in [3.63, 3.8) is 0 Å². The molecule has 1 aromatic heterocycles. The summed E-state index contributed by atoms with van der Waals surface area (Å²) < 4.78 is 37.5. The smallest absolute Gasteiger partial charge is 0.345 e. The first-order valence-corrected chi connectivity index (χ1v) is 7.19. The maximum atomic E-state index is 12.5. The van der Waals surface area contributed by atoms with Crippen molar-refractivity contribution in [1.82, 2.24) is 5.32 Å². The number of carbonyl (C=O) groups excluding carboxylic acids is 1. The van der Waals surface area contributed by atoms with Crippen LogP contribution in [0.2, 0.25) is 0 Å². The molecule has 112 valence electrons. The van der Waals surface area contributed by atoms with Gasteiger partial charge in [0.25, 0.3) is 5.91 Å². The summed E-state index contributed by atoms with van der Waals surface area (Å²) in [7, 11) is 0. The molecule has 6 heteroatoms. The fourth-order valence-electron chi connectivity index (χ4n) is 1.91. The van der Waals surface area contributed by atoms with Gasteiger partial charge < -0.3 is 5.32 Å². The van der Waals surface area contributed by atoms with Crippen LogP contribution in [0.4, 0.5) is 13.2 Å². The van der Waals surface area contributed by atoms with Crippen LogP contribution >= 0.6 is 11.3 Å². The highest BCUT2D eigenvalue weighted by Crippen LogP contribution is 2.30. The van der Waals surface area contributed by atoms with E-state index in [1.165, 1.54) is 23.5 Å². The van der Waals surface area contributed by atoms with Crippen LogP contribution in [0.5, 0.6) is 0 Å². The lowest BCUT2D eigenvalue weighted by Crippen LogP contribution is -2.26. The quantitative estimate of drug-likeness (QED) is 0.884. The Morgan fingerprint density at radius 2 is 1.81 bits per heavy atom. The Bertz CT molecular complexity index is 631. The Balaban J connectivity index is 2.09. The molecule has 21 heavy (non-hydrogen) atoms. The lowest BCUT2D eigenvalue weighted by Gasteiger charge is -2.15. The minimum absolute atomic E-state index is 0.213. The van der Waals surface area contributed by atoms with Gasteiger partial charge in [-0.1, -0.05) is 12.1 Å². The molecule has 1 amide bonds. The number of rotatable bonds is 3. The summed E-state index contributed by atoms with van der Waals surface area (Å²) in [5.41, 5.74) is 0.821. The van der Waals surface area contributed by atoms with Crippen molar-refractivity contribution in [2.75, 3.05) is 0 Å². The van der Waals surface area contributed by atoms with Gasteiger partial charge >= 0.3 is 6.18 Å². The average Bonchev–Trinajstić information content (AvgIpc) is 2.84. The highest BCUT2D eigenvalue weighted by molar-refractivity contribution is 7.12. The van der Waals surface area contributed by atoms with Crippen molar-refractivity contribution in [3.05, 3.63) is 57.3 Å². The van der Waals surface area contributed by atoms with Gasteiger partial charge in [0.05, 0.1) is 16.5 Å². The van der Waals surface area contributed by atoms with Crippen LogP contribution in [0.3, 0.4) is 0 Å². The van der Waals surface area contributed by atoms with E-state index in [4.69, 9.17) is 0 Å². The molecule has 0 bridgehead atoms. The fourth-order valence-corrected chi connectivity index (χ4v) is 2.74. The lowest BCUT2D eigenvalue weighted by molar-refractivity contribution is -0.137. The van der Waals surface area contributed by atoms with Crippen molar-refractivity contribution >= 4 is 17.2 Å². The third kappa shape index (κ3) is 3.64. The first-order valence-electron chi connectivity index (χ1n) is 6.31. The Kier molecular flexibility index (Phi) is 4.37. The second kappa shape index (κ2) is 5.89. The van der Waals surface area contributed by atoms with Crippen molar-refractivity contribution in [3.8, 4) is 0 Å². The molecule has 0 fully saturated rings. The zero-order chi connectivity index (χ0) is 15.6. The van der Waals surface area contributed by atoms with E-state index >= 15 is 0 Å². The molecule has 1 atom stereocenters. The number of alkyl halides is 3. The molecule has 0 saturated heterocycles. The second-order valence-corrected chi connectivity index (χ2v) is 5.66. The normalized spacial score (nSPS) is 13.0. The monoisotopic (exact) mass is 313 g/mol. The number of amides is 1. The van der Waals surface area contributed by atoms with Gasteiger partial charge in [0.15, 0.2) is 0 Å². The molecule has 1 heterocycles. The first-order chi connectivity index (χ1) is 9.79. The predicted octanol–water partition coefficient (Wildman–Crippen LogP) is 4.57. The number of hydrogen-bond acceptors (Lipinski definition) is 2. The molecule has 2 aromatic rings. The number of nitrogens with one attached hydrogen (secondary N) is 1. The molecule has 0 aliphatic carbocycles. The molecule has 0 aliphatic heterocycles. The van der Waals surface area contributed by atoms with E-state index in [0.29, 0.717) is 10.4 Å². The third-order valence-electron chi connectivity index (χ3n) is 3.15. The van der Waals surface area contributed by atoms with Gasteiger partial charge in [-0.3, -0.25) is 4.79 Å². The largest absolute Gasteiger partial charge is 0.416 e. The molecule has 0 spiro atoms. The van der Waals surface area contributed by atoms with E-state index in [-0.39, 0.29) is 11.9 Å². The van der Waals surface area contributed by atoms with Gasteiger partial charge in [-0.2, -0.15) is 13.2 Å². The summed E-state index contributed by atoms with van der Waals surface area (Å²) >= 11 is 1.34.